The Bertz CT molecular complexity index is 857. The first-order valence-electron chi connectivity index (χ1n) is 8.86. The van der Waals surface area contributed by atoms with Crippen molar-refractivity contribution in [3.63, 3.8) is 0 Å². The molecule has 2 aromatic rings. The van der Waals surface area contributed by atoms with Gasteiger partial charge in [0.05, 0.1) is 11.9 Å². The summed E-state index contributed by atoms with van der Waals surface area (Å²) in [6, 6.07) is 7.64. The lowest BCUT2D eigenvalue weighted by Gasteiger charge is -2.19. The van der Waals surface area contributed by atoms with E-state index in [1.54, 1.807) is 6.20 Å². The van der Waals surface area contributed by atoms with E-state index in [9.17, 15) is 9.59 Å². The van der Waals surface area contributed by atoms with Crippen molar-refractivity contribution in [1.82, 2.24) is 9.78 Å². The fraction of sp³-hybridized carbons (Fsp3) is 0.421. The molecule has 0 radical (unpaired) electrons. The number of hydrogen-bond acceptors (Lipinski definition) is 4. The maximum absolute atomic E-state index is 12.5. The van der Waals surface area contributed by atoms with Crippen LogP contribution in [0.2, 0.25) is 5.02 Å². The van der Waals surface area contributed by atoms with Gasteiger partial charge in [0.25, 0.3) is 5.56 Å². The molecule has 0 bridgehead atoms. The van der Waals surface area contributed by atoms with E-state index in [1.165, 1.54) is 0 Å². The van der Waals surface area contributed by atoms with Crippen molar-refractivity contribution in [2.75, 3.05) is 23.3 Å². The lowest BCUT2D eigenvalue weighted by Crippen LogP contribution is -2.32. The summed E-state index contributed by atoms with van der Waals surface area (Å²) in [4.78, 5) is 26.9. The van der Waals surface area contributed by atoms with E-state index in [0.717, 1.165) is 41.9 Å². The molecule has 1 saturated heterocycles. The van der Waals surface area contributed by atoms with Crippen LogP contribution in [-0.4, -0.2) is 28.8 Å². The summed E-state index contributed by atoms with van der Waals surface area (Å²) in [5.74, 6) is -0.0285. The normalized spacial score (nSPS) is 14.1. The van der Waals surface area contributed by atoms with E-state index >= 15 is 0 Å². The number of nitrogens with zero attached hydrogens (tertiary/aromatic N) is 3. The average molecular weight is 375 g/mol. The van der Waals surface area contributed by atoms with Crippen LogP contribution in [0.5, 0.6) is 0 Å². The second-order valence-corrected chi connectivity index (χ2v) is 7.17. The van der Waals surface area contributed by atoms with Gasteiger partial charge in [0.1, 0.15) is 11.6 Å². The summed E-state index contributed by atoms with van der Waals surface area (Å²) >= 11 is 6.24. The van der Waals surface area contributed by atoms with Crippen molar-refractivity contribution in [3.8, 4) is 0 Å². The minimum atomic E-state index is -0.441. The molecule has 1 aliphatic heterocycles. The van der Waals surface area contributed by atoms with E-state index < -0.39 is 5.56 Å². The smallest absolute Gasteiger partial charge is 0.288 e. The van der Waals surface area contributed by atoms with Gasteiger partial charge in [0.15, 0.2) is 0 Å². The monoisotopic (exact) mass is 374 g/mol. The molecule has 0 aliphatic carbocycles. The van der Waals surface area contributed by atoms with Crippen LogP contribution in [0.15, 0.2) is 35.3 Å². The number of para-hydroxylation sites is 1. The Morgan fingerprint density at radius 3 is 2.65 bits per heavy atom. The van der Waals surface area contributed by atoms with Crippen molar-refractivity contribution in [2.24, 2.45) is 0 Å². The van der Waals surface area contributed by atoms with Crippen LogP contribution in [0.1, 0.15) is 38.2 Å². The van der Waals surface area contributed by atoms with Gasteiger partial charge < -0.3 is 10.2 Å². The Labute approximate surface area is 157 Å². The number of amides is 1. The fourth-order valence-corrected chi connectivity index (χ4v) is 3.45. The van der Waals surface area contributed by atoms with E-state index in [4.69, 9.17) is 11.6 Å². The number of halogens is 1. The number of carbonyl (C=O) groups is 1. The van der Waals surface area contributed by atoms with Crippen LogP contribution < -0.4 is 15.8 Å². The molecule has 2 heterocycles. The molecular formula is C19H23ClN4O2. The number of carbonyl (C=O) groups excluding carboxylic acids is 1. The summed E-state index contributed by atoms with van der Waals surface area (Å²) in [5.41, 5.74) is 2.00. The third kappa shape index (κ3) is 3.90. The van der Waals surface area contributed by atoms with Crippen LogP contribution in [0, 0.1) is 0 Å². The molecule has 7 heteroatoms. The van der Waals surface area contributed by atoms with Crippen molar-refractivity contribution in [1.29, 1.82) is 0 Å². The highest BCUT2D eigenvalue weighted by atomic mass is 35.5. The average Bonchev–Trinajstić information content (AvgIpc) is 3.14. The van der Waals surface area contributed by atoms with Crippen LogP contribution in [0.3, 0.4) is 0 Å². The van der Waals surface area contributed by atoms with Gasteiger partial charge in [-0.1, -0.05) is 43.6 Å². The van der Waals surface area contributed by atoms with Crippen molar-refractivity contribution >= 4 is 28.9 Å². The van der Waals surface area contributed by atoms with Crippen LogP contribution >= 0.6 is 11.6 Å². The maximum Gasteiger partial charge on any atom is 0.288 e. The molecule has 1 aromatic carbocycles. The Kier molecular flexibility index (Phi) is 5.61. The highest BCUT2D eigenvalue weighted by molar-refractivity contribution is 6.33. The summed E-state index contributed by atoms with van der Waals surface area (Å²) in [6.07, 6.45) is 3.73. The highest BCUT2D eigenvalue weighted by Crippen LogP contribution is 2.25. The number of hydrogen-bond donors (Lipinski definition) is 1. The molecule has 1 aliphatic rings. The molecular weight excluding hydrogens is 352 g/mol. The SMILES string of the molecule is CC(C)c1ccccc1NC(=O)Cn1ncc(N2CCCC2)c(Cl)c1=O. The Morgan fingerprint density at radius 2 is 1.96 bits per heavy atom. The van der Waals surface area contributed by atoms with Gasteiger partial charge in [0.2, 0.25) is 5.91 Å². The largest absolute Gasteiger partial charge is 0.369 e. The van der Waals surface area contributed by atoms with Gasteiger partial charge >= 0.3 is 0 Å². The van der Waals surface area contributed by atoms with Gasteiger partial charge in [0, 0.05) is 18.8 Å². The molecule has 1 fully saturated rings. The third-order valence-corrected chi connectivity index (χ3v) is 4.92. The summed E-state index contributed by atoms with van der Waals surface area (Å²) in [6.45, 7) is 5.70. The van der Waals surface area contributed by atoms with Crippen molar-refractivity contribution in [3.05, 3.63) is 51.4 Å². The predicted octanol–water partition coefficient (Wildman–Crippen LogP) is 3.26. The second-order valence-electron chi connectivity index (χ2n) is 6.79. The molecule has 0 saturated carbocycles. The highest BCUT2D eigenvalue weighted by Gasteiger charge is 2.19. The zero-order valence-electron chi connectivity index (χ0n) is 15.0. The maximum atomic E-state index is 12.5. The first-order chi connectivity index (χ1) is 12.5. The minimum absolute atomic E-state index is 0.122. The zero-order valence-corrected chi connectivity index (χ0v) is 15.8. The Morgan fingerprint density at radius 1 is 1.27 bits per heavy atom. The van der Waals surface area contributed by atoms with Gasteiger partial charge in [-0.3, -0.25) is 9.59 Å². The Hall–Kier alpha value is -2.34. The first-order valence-corrected chi connectivity index (χ1v) is 9.24. The van der Waals surface area contributed by atoms with Crippen molar-refractivity contribution in [2.45, 2.75) is 39.2 Å². The number of aromatic nitrogens is 2. The lowest BCUT2D eigenvalue weighted by molar-refractivity contribution is -0.117. The Balaban J connectivity index is 1.76. The van der Waals surface area contributed by atoms with Gasteiger partial charge in [-0.2, -0.15) is 5.10 Å². The lowest BCUT2D eigenvalue weighted by atomic mass is 10.0. The van der Waals surface area contributed by atoms with E-state index in [0.29, 0.717) is 5.69 Å². The number of anilines is 2. The number of benzene rings is 1. The molecule has 6 nitrogen and oxygen atoms in total. The number of rotatable bonds is 5. The molecule has 0 spiro atoms. The summed E-state index contributed by atoms with van der Waals surface area (Å²) in [7, 11) is 0. The third-order valence-electron chi connectivity index (χ3n) is 4.56. The fourth-order valence-electron chi connectivity index (χ4n) is 3.19. The number of nitrogens with one attached hydrogen (secondary N) is 1. The summed E-state index contributed by atoms with van der Waals surface area (Å²) in [5, 5.41) is 7.13. The molecule has 138 valence electrons. The van der Waals surface area contributed by atoms with Gasteiger partial charge in [-0.25, -0.2) is 4.68 Å². The molecule has 1 aromatic heterocycles. The van der Waals surface area contributed by atoms with Gasteiger partial charge in [-0.15, -0.1) is 0 Å². The summed E-state index contributed by atoms with van der Waals surface area (Å²) < 4.78 is 1.11. The van der Waals surface area contributed by atoms with E-state index in [-0.39, 0.29) is 23.4 Å². The predicted molar refractivity (Wildman–Crippen MR) is 104 cm³/mol. The minimum Gasteiger partial charge on any atom is -0.369 e. The zero-order chi connectivity index (χ0) is 18.7. The molecule has 0 atom stereocenters. The molecule has 3 rings (SSSR count). The first kappa shape index (κ1) is 18.5. The van der Waals surface area contributed by atoms with Crippen LogP contribution in [0.4, 0.5) is 11.4 Å². The molecule has 26 heavy (non-hydrogen) atoms. The van der Waals surface area contributed by atoms with Gasteiger partial charge in [-0.05, 0) is 30.4 Å². The second kappa shape index (κ2) is 7.91. The quantitative estimate of drug-likeness (QED) is 0.872. The standard InChI is InChI=1S/C19H23ClN4O2/c1-13(2)14-7-3-4-8-15(14)22-17(25)12-24-19(26)18(20)16(11-21-24)23-9-5-6-10-23/h3-4,7-8,11,13H,5-6,9-10,12H2,1-2H3,(H,22,25). The molecule has 1 N–H and O–H groups in total. The van der Waals surface area contributed by atoms with E-state index in [2.05, 4.69) is 29.2 Å². The van der Waals surface area contributed by atoms with E-state index in [1.807, 2.05) is 24.3 Å². The van der Waals surface area contributed by atoms with Crippen LogP contribution in [0.25, 0.3) is 0 Å². The topological polar surface area (TPSA) is 67.2 Å². The van der Waals surface area contributed by atoms with Crippen LogP contribution in [-0.2, 0) is 11.3 Å². The molecule has 0 unspecified atom stereocenters. The molecule has 1 amide bonds. The van der Waals surface area contributed by atoms with Crippen molar-refractivity contribution < 1.29 is 4.79 Å².